The zero-order chi connectivity index (χ0) is 12.3. The number of carboxylic acid groups (broad SMARTS) is 1. The average Bonchev–Trinajstić information content (AvgIpc) is 2.22. The number of rotatable bonds is 4. The molecule has 0 bridgehead atoms. The van der Waals surface area contributed by atoms with Crippen LogP contribution in [-0.2, 0) is 17.6 Å². The van der Waals surface area contributed by atoms with Crippen molar-refractivity contribution in [1.29, 1.82) is 0 Å². The zero-order valence-electron chi connectivity index (χ0n) is 8.97. The summed E-state index contributed by atoms with van der Waals surface area (Å²) < 4.78 is 0. The lowest BCUT2D eigenvalue weighted by molar-refractivity contribution is -0.138. The Bertz CT molecular complexity index is 403. The molecule has 0 amide bonds. The first-order valence-electron chi connectivity index (χ1n) is 4.97. The van der Waals surface area contributed by atoms with Crippen LogP contribution in [-0.4, -0.2) is 27.3 Å². The first kappa shape index (κ1) is 12.3. The number of phenolic OH excluding ortho intramolecular Hbond substituents is 2. The third-order valence-corrected chi connectivity index (χ3v) is 2.43. The van der Waals surface area contributed by atoms with Crippen LogP contribution in [0.15, 0.2) is 12.1 Å². The summed E-state index contributed by atoms with van der Waals surface area (Å²) in [7, 11) is 0. The van der Waals surface area contributed by atoms with Gasteiger partial charge in [-0.15, -0.1) is 0 Å². The van der Waals surface area contributed by atoms with Crippen molar-refractivity contribution in [2.45, 2.75) is 25.8 Å². The maximum atomic E-state index is 10.6. The second kappa shape index (κ2) is 4.85. The maximum absolute atomic E-state index is 10.6. The van der Waals surface area contributed by atoms with E-state index in [2.05, 4.69) is 0 Å². The Morgan fingerprint density at radius 2 is 1.81 bits per heavy atom. The summed E-state index contributed by atoms with van der Waals surface area (Å²) in [6.45, 7) is 1.88. The number of benzene rings is 1. The zero-order valence-corrected chi connectivity index (χ0v) is 8.97. The lowest BCUT2D eigenvalue weighted by atomic mass is 9.98. The average molecular weight is 225 g/mol. The van der Waals surface area contributed by atoms with E-state index < -0.39 is 12.0 Å². The minimum atomic E-state index is -1.09. The van der Waals surface area contributed by atoms with Crippen molar-refractivity contribution in [3.05, 3.63) is 23.3 Å². The smallest absolute Gasteiger partial charge is 0.320 e. The fraction of sp³-hybridized carbons (Fsp3) is 0.364. The van der Waals surface area contributed by atoms with Crippen molar-refractivity contribution in [2.24, 2.45) is 5.73 Å². The summed E-state index contributed by atoms with van der Waals surface area (Å²) >= 11 is 0. The van der Waals surface area contributed by atoms with Crippen LogP contribution in [0.1, 0.15) is 18.1 Å². The van der Waals surface area contributed by atoms with Gasteiger partial charge in [0.25, 0.3) is 0 Å². The lowest BCUT2D eigenvalue weighted by Crippen LogP contribution is -2.32. The molecule has 0 radical (unpaired) electrons. The number of aliphatic carboxylic acids is 1. The van der Waals surface area contributed by atoms with Gasteiger partial charge in [-0.25, -0.2) is 0 Å². The van der Waals surface area contributed by atoms with E-state index in [4.69, 9.17) is 10.8 Å². The molecule has 0 saturated heterocycles. The molecule has 5 nitrogen and oxygen atoms in total. The topological polar surface area (TPSA) is 104 Å². The van der Waals surface area contributed by atoms with Gasteiger partial charge < -0.3 is 21.1 Å². The molecular formula is C11H15NO4. The summed E-state index contributed by atoms with van der Waals surface area (Å²) in [5, 5.41) is 27.3. The highest BCUT2D eigenvalue weighted by molar-refractivity contribution is 5.73. The van der Waals surface area contributed by atoms with Gasteiger partial charge in [0.1, 0.15) is 6.04 Å². The number of hydrogen-bond donors (Lipinski definition) is 4. The number of hydrogen-bond acceptors (Lipinski definition) is 4. The van der Waals surface area contributed by atoms with Crippen molar-refractivity contribution in [1.82, 2.24) is 0 Å². The van der Waals surface area contributed by atoms with Gasteiger partial charge in [-0.1, -0.05) is 6.92 Å². The van der Waals surface area contributed by atoms with Crippen molar-refractivity contribution in [3.8, 4) is 11.5 Å². The van der Waals surface area contributed by atoms with Crippen LogP contribution >= 0.6 is 0 Å². The van der Waals surface area contributed by atoms with Gasteiger partial charge in [-0.2, -0.15) is 0 Å². The summed E-state index contributed by atoms with van der Waals surface area (Å²) in [4.78, 5) is 10.6. The Labute approximate surface area is 93.1 Å². The van der Waals surface area contributed by atoms with E-state index in [-0.39, 0.29) is 17.9 Å². The van der Waals surface area contributed by atoms with Gasteiger partial charge in [0, 0.05) is 0 Å². The first-order chi connectivity index (χ1) is 7.45. The molecule has 0 fully saturated rings. The quantitative estimate of drug-likeness (QED) is 0.562. The number of carboxylic acids is 1. The molecule has 1 unspecified atom stereocenters. The molecule has 88 valence electrons. The molecule has 16 heavy (non-hydrogen) atoms. The van der Waals surface area contributed by atoms with Gasteiger partial charge in [-0.05, 0) is 36.1 Å². The van der Waals surface area contributed by atoms with Crippen molar-refractivity contribution in [2.75, 3.05) is 0 Å². The molecule has 5 N–H and O–H groups in total. The molecule has 0 saturated carbocycles. The molecule has 0 spiro atoms. The van der Waals surface area contributed by atoms with Crippen LogP contribution in [0, 0.1) is 0 Å². The molecule has 1 rings (SSSR count). The van der Waals surface area contributed by atoms with E-state index in [1.165, 1.54) is 12.1 Å². The molecule has 1 aromatic carbocycles. The Balaban J connectivity index is 3.03. The fourth-order valence-corrected chi connectivity index (χ4v) is 1.51. The maximum Gasteiger partial charge on any atom is 0.320 e. The lowest BCUT2D eigenvalue weighted by Gasteiger charge is -2.12. The van der Waals surface area contributed by atoms with E-state index in [1.54, 1.807) is 0 Å². The largest absolute Gasteiger partial charge is 0.504 e. The van der Waals surface area contributed by atoms with Crippen LogP contribution in [0.2, 0.25) is 0 Å². The Morgan fingerprint density at radius 3 is 2.25 bits per heavy atom. The summed E-state index contributed by atoms with van der Waals surface area (Å²) in [5.74, 6) is -1.55. The standard InChI is InChI=1S/C11H15NO4/c1-2-6-4-9(13)10(14)5-7(6)3-8(12)11(15)16/h4-5,8,13-14H,2-3,12H2,1H3,(H,15,16). The monoisotopic (exact) mass is 225 g/mol. The van der Waals surface area contributed by atoms with Crippen molar-refractivity contribution < 1.29 is 20.1 Å². The molecule has 1 atom stereocenters. The Morgan fingerprint density at radius 1 is 1.31 bits per heavy atom. The van der Waals surface area contributed by atoms with Crippen LogP contribution in [0.4, 0.5) is 0 Å². The second-order valence-electron chi connectivity index (χ2n) is 3.61. The third kappa shape index (κ3) is 2.64. The molecular weight excluding hydrogens is 210 g/mol. The Kier molecular flexibility index (Phi) is 3.73. The van der Waals surface area contributed by atoms with Crippen LogP contribution in [0.25, 0.3) is 0 Å². The van der Waals surface area contributed by atoms with Crippen molar-refractivity contribution in [3.63, 3.8) is 0 Å². The van der Waals surface area contributed by atoms with Gasteiger partial charge in [0.15, 0.2) is 11.5 Å². The third-order valence-electron chi connectivity index (χ3n) is 2.43. The molecule has 0 aromatic heterocycles. The normalized spacial score (nSPS) is 12.4. The highest BCUT2D eigenvalue weighted by Crippen LogP contribution is 2.29. The van der Waals surface area contributed by atoms with Crippen LogP contribution in [0.3, 0.4) is 0 Å². The minimum absolute atomic E-state index is 0.131. The predicted octanol–water partition coefficient (Wildman–Crippen LogP) is 0.615. The summed E-state index contributed by atoms with van der Waals surface area (Å²) in [5.41, 5.74) is 6.85. The number of phenols is 2. The van der Waals surface area contributed by atoms with Gasteiger partial charge in [0.05, 0.1) is 0 Å². The van der Waals surface area contributed by atoms with Crippen molar-refractivity contribution >= 4 is 5.97 Å². The number of aromatic hydroxyl groups is 2. The highest BCUT2D eigenvalue weighted by Gasteiger charge is 2.15. The summed E-state index contributed by atoms with van der Waals surface area (Å²) in [6, 6.07) is 1.78. The Hall–Kier alpha value is -1.75. The molecule has 1 aromatic rings. The summed E-state index contributed by atoms with van der Waals surface area (Å²) in [6.07, 6.45) is 0.766. The van der Waals surface area contributed by atoms with E-state index in [0.717, 1.165) is 5.56 Å². The number of aryl methyl sites for hydroxylation is 1. The van der Waals surface area contributed by atoms with Gasteiger partial charge in [-0.3, -0.25) is 4.79 Å². The number of carbonyl (C=O) groups is 1. The van der Waals surface area contributed by atoms with Crippen LogP contribution in [0.5, 0.6) is 11.5 Å². The predicted molar refractivity (Wildman–Crippen MR) is 58.5 cm³/mol. The second-order valence-corrected chi connectivity index (χ2v) is 3.61. The van der Waals surface area contributed by atoms with E-state index >= 15 is 0 Å². The van der Waals surface area contributed by atoms with Gasteiger partial charge in [0.2, 0.25) is 0 Å². The molecule has 0 aliphatic rings. The molecule has 0 heterocycles. The molecule has 0 aliphatic heterocycles. The minimum Gasteiger partial charge on any atom is -0.504 e. The highest BCUT2D eigenvalue weighted by atomic mass is 16.4. The van der Waals surface area contributed by atoms with E-state index in [0.29, 0.717) is 12.0 Å². The van der Waals surface area contributed by atoms with Crippen LogP contribution < -0.4 is 5.73 Å². The van der Waals surface area contributed by atoms with E-state index in [1.807, 2.05) is 6.92 Å². The molecule has 5 heteroatoms. The number of nitrogens with two attached hydrogens (primary N) is 1. The van der Waals surface area contributed by atoms with Gasteiger partial charge >= 0.3 is 5.97 Å². The first-order valence-corrected chi connectivity index (χ1v) is 4.97. The SMILES string of the molecule is CCc1cc(O)c(O)cc1CC(N)C(=O)O. The van der Waals surface area contributed by atoms with E-state index in [9.17, 15) is 15.0 Å². The molecule has 0 aliphatic carbocycles. The fourth-order valence-electron chi connectivity index (χ4n) is 1.51.